The minimum Gasteiger partial charge on any atom is -0.458 e. The van der Waals surface area contributed by atoms with Gasteiger partial charge in [-0.1, -0.05) is 0 Å². The Kier molecular flexibility index (Phi) is 5.77. The molecule has 0 amide bonds. The van der Waals surface area contributed by atoms with Gasteiger partial charge < -0.3 is 14.2 Å². The highest BCUT2D eigenvalue weighted by Gasteiger charge is 2.06. The van der Waals surface area contributed by atoms with E-state index in [1.54, 1.807) is 0 Å². The van der Waals surface area contributed by atoms with E-state index in [4.69, 9.17) is 0 Å². The second kappa shape index (κ2) is 6.58. The smallest absolute Gasteiger partial charge is 0.307 e. The molecule has 0 bridgehead atoms. The molecule has 15 heavy (non-hydrogen) atoms. The third kappa shape index (κ3) is 8.48. The standard InChI is InChI=1S/C9H12O6/c1-6(10)13-4-9(15-8(3)12)5-14-7(2)11/h4H,5H2,1-3H3. The third-order valence-electron chi connectivity index (χ3n) is 1.05. The number of ether oxygens (including phenoxy) is 3. The van der Waals surface area contributed by atoms with Crippen molar-refractivity contribution in [1.82, 2.24) is 0 Å². The number of hydrogen-bond donors (Lipinski definition) is 0. The maximum atomic E-state index is 10.6. The molecule has 0 radical (unpaired) electrons. The maximum Gasteiger partial charge on any atom is 0.307 e. The minimum absolute atomic E-state index is 0.0482. The first-order chi connectivity index (χ1) is 6.91. The molecule has 0 aliphatic heterocycles. The number of esters is 3. The molecule has 0 atom stereocenters. The van der Waals surface area contributed by atoms with Crippen molar-refractivity contribution in [1.29, 1.82) is 0 Å². The Bertz CT molecular complexity index is 291. The second-order valence-corrected chi connectivity index (χ2v) is 2.57. The van der Waals surface area contributed by atoms with Gasteiger partial charge in [-0.2, -0.15) is 0 Å². The Balaban J connectivity index is 4.29. The van der Waals surface area contributed by atoms with Gasteiger partial charge in [0, 0.05) is 20.8 Å². The van der Waals surface area contributed by atoms with Gasteiger partial charge in [0.1, 0.15) is 6.26 Å². The van der Waals surface area contributed by atoms with Crippen molar-refractivity contribution in [3.8, 4) is 0 Å². The lowest BCUT2D eigenvalue weighted by Gasteiger charge is -2.06. The molecule has 0 saturated heterocycles. The molecule has 0 N–H and O–H groups in total. The zero-order valence-electron chi connectivity index (χ0n) is 8.73. The van der Waals surface area contributed by atoms with Crippen molar-refractivity contribution >= 4 is 17.9 Å². The molecule has 84 valence electrons. The van der Waals surface area contributed by atoms with E-state index in [-0.39, 0.29) is 12.4 Å². The quantitative estimate of drug-likeness (QED) is 0.387. The molecular weight excluding hydrogens is 204 g/mol. The molecule has 0 aliphatic carbocycles. The zero-order chi connectivity index (χ0) is 11.8. The number of hydrogen-bond acceptors (Lipinski definition) is 6. The molecule has 0 aromatic carbocycles. The van der Waals surface area contributed by atoms with E-state index >= 15 is 0 Å². The van der Waals surface area contributed by atoms with Gasteiger partial charge in [-0.25, -0.2) is 0 Å². The molecule has 0 aliphatic rings. The van der Waals surface area contributed by atoms with Crippen LogP contribution in [0.5, 0.6) is 0 Å². The topological polar surface area (TPSA) is 78.9 Å². The summed E-state index contributed by atoms with van der Waals surface area (Å²) in [5.41, 5.74) is 0. The van der Waals surface area contributed by atoms with Crippen LogP contribution in [0.4, 0.5) is 0 Å². The number of rotatable bonds is 4. The second-order valence-electron chi connectivity index (χ2n) is 2.57. The van der Waals surface area contributed by atoms with Crippen LogP contribution < -0.4 is 0 Å². The van der Waals surface area contributed by atoms with Gasteiger partial charge in [0.15, 0.2) is 12.4 Å². The average molecular weight is 216 g/mol. The summed E-state index contributed by atoms with van der Waals surface area (Å²) >= 11 is 0. The SMILES string of the molecule is CC(=O)OC=C(COC(C)=O)OC(C)=O. The highest BCUT2D eigenvalue weighted by Crippen LogP contribution is 2.00. The monoisotopic (exact) mass is 216 g/mol. The van der Waals surface area contributed by atoms with E-state index in [1.165, 1.54) is 20.8 Å². The fourth-order valence-electron chi connectivity index (χ4n) is 0.594. The minimum atomic E-state index is -0.597. The van der Waals surface area contributed by atoms with Gasteiger partial charge >= 0.3 is 17.9 Å². The van der Waals surface area contributed by atoms with Crippen LogP contribution in [0.1, 0.15) is 20.8 Å². The molecule has 6 nitrogen and oxygen atoms in total. The van der Waals surface area contributed by atoms with Crippen LogP contribution in [0.25, 0.3) is 0 Å². The van der Waals surface area contributed by atoms with Gasteiger partial charge in [0.05, 0.1) is 0 Å². The van der Waals surface area contributed by atoms with Gasteiger partial charge in [0.2, 0.25) is 0 Å². The van der Waals surface area contributed by atoms with E-state index in [0.717, 1.165) is 6.26 Å². The van der Waals surface area contributed by atoms with E-state index in [9.17, 15) is 14.4 Å². The van der Waals surface area contributed by atoms with Crippen LogP contribution in [0.2, 0.25) is 0 Å². The summed E-state index contributed by atoms with van der Waals surface area (Å²) in [6.45, 7) is 3.31. The van der Waals surface area contributed by atoms with Gasteiger partial charge in [0.25, 0.3) is 0 Å². The molecule has 0 aromatic heterocycles. The molecule has 0 aromatic rings. The first kappa shape index (κ1) is 13.2. The van der Waals surface area contributed by atoms with Crippen LogP contribution in [-0.4, -0.2) is 24.5 Å². The third-order valence-corrected chi connectivity index (χ3v) is 1.05. The van der Waals surface area contributed by atoms with Crippen LogP contribution in [0.3, 0.4) is 0 Å². The molecule has 0 rings (SSSR count). The summed E-state index contributed by atoms with van der Waals surface area (Å²) in [6.07, 6.45) is 0.923. The lowest BCUT2D eigenvalue weighted by atomic mass is 10.5. The summed E-state index contributed by atoms with van der Waals surface area (Å²) in [5, 5.41) is 0. The Hall–Kier alpha value is -1.85. The molecule has 0 heterocycles. The fraction of sp³-hybridized carbons (Fsp3) is 0.444. The Morgan fingerprint density at radius 2 is 1.60 bits per heavy atom. The summed E-state index contributed by atoms with van der Waals surface area (Å²) in [5.74, 6) is -1.74. The van der Waals surface area contributed by atoms with Crippen molar-refractivity contribution in [2.24, 2.45) is 0 Å². The fourth-order valence-corrected chi connectivity index (χ4v) is 0.594. The van der Waals surface area contributed by atoms with Crippen molar-refractivity contribution in [3.05, 3.63) is 12.0 Å². The normalized spacial score (nSPS) is 10.5. The summed E-state index contributed by atoms with van der Waals surface area (Å²) < 4.78 is 13.6. The maximum absolute atomic E-state index is 10.6. The predicted molar refractivity (Wildman–Crippen MR) is 48.2 cm³/mol. The Morgan fingerprint density at radius 3 is 2.00 bits per heavy atom. The van der Waals surface area contributed by atoms with Crippen LogP contribution in [0, 0.1) is 0 Å². The van der Waals surface area contributed by atoms with Gasteiger partial charge in [-0.05, 0) is 0 Å². The molecule has 6 heteroatoms. The first-order valence-corrected chi connectivity index (χ1v) is 4.10. The van der Waals surface area contributed by atoms with Crippen molar-refractivity contribution < 1.29 is 28.6 Å². The van der Waals surface area contributed by atoms with Crippen LogP contribution in [0.15, 0.2) is 12.0 Å². The van der Waals surface area contributed by atoms with Crippen LogP contribution in [-0.2, 0) is 28.6 Å². The van der Waals surface area contributed by atoms with Crippen molar-refractivity contribution in [2.45, 2.75) is 20.8 Å². The highest BCUT2D eigenvalue weighted by atomic mass is 16.6. The molecule has 0 fully saturated rings. The van der Waals surface area contributed by atoms with E-state index in [1.807, 2.05) is 0 Å². The number of carbonyl (C=O) groups excluding carboxylic acids is 3. The molecule has 0 spiro atoms. The molecule has 0 unspecified atom stereocenters. The van der Waals surface area contributed by atoms with Gasteiger partial charge in [-0.3, -0.25) is 14.4 Å². The summed E-state index contributed by atoms with van der Waals surface area (Å²) in [7, 11) is 0. The van der Waals surface area contributed by atoms with Crippen LogP contribution >= 0.6 is 0 Å². The van der Waals surface area contributed by atoms with Gasteiger partial charge in [-0.15, -0.1) is 0 Å². The summed E-state index contributed by atoms with van der Waals surface area (Å²) in [4.78, 5) is 31.5. The number of carbonyl (C=O) groups is 3. The van der Waals surface area contributed by atoms with Crippen molar-refractivity contribution in [2.75, 3.05) is 6.61 Å². The summed E-state index contributed by atoms with van der Waals surface area (Å²) in [6, 6.07) is 0. The molecular formula is C9H12O6. The predicted octanol–water partition coefficient (Wildman–Crippen LogP) is 0.517. The first-order valence-electron chi connectivity index (χ1n) is 4.10. The average Bonchev–Trinajstić information content (AvgIpc) is 2.08. The Morgan fingerprint density at radius 1 is 1.00 bits per heavy atom. The van der Waals surface area contributed by atoms with E-state index in [2.05, 4.69) is 14.2 Å². The Labute approximate surface area is 86.8 Å². The zero-order valence-corrected chi connectivity index (χ0v) is 8.73. The van der Waals surface area contributed by atoms with E-state index < -0.39 is 17.9 Å². The lowest BCUT2D eigenvalue weighted by molar-refractivity contribution is -0.145. The lowest BCUT2D eigenvalue weighted by Crippen LogP contribution is -2.09. The molecule has 0 saturated carbocycles. The largest absolute Gasteiger partial charge is 0.458 e. The van der Waals surface area contributed by atoms with E-state index in [0.29, 0.717) is 0 Å². The highest BCUT2D eigenvalue weighted by molar-refractivity contribution is 5.69. The van der Waals surface area contributed by atoms with Crippen molar-refractivity contribution in [3.63, 3.8) is 0 Å².